The molecule has 0 atom stereocenters. The first-order valence-corrected chi connectivity index (χ1v) is 6.47. The lowest BCUT2D eigenvalue weighted by Crippen LogP contribution is -2.28. The molecule has 1 aromatic heterocycles. The Kier molecular flexibility index (Phi) is 3.86. The van der Waals surface area contributed by atoms with Crippen molar-refractivity contribution >= 4 is 17.4 Å². The standard InChI is InChI=1S/C13H16ClN3/c1-2-3-8-17(11-4-5-11)13-12(14)10(9-15)6-7-16-13/h6-7,11H,2-5,8H2,1H3. The molecule has 1 aliphatic carbocycles. The Bertz CT molecular complexity index is 435. The third-order valence-corrected chi connectivity index (χ3v) is 3.38. The predicted molar refractivity (Wildman–Crippen MR) is 69.2 cm³/mol. The Morgan fingerprint density at radius 3 is 2.94 bits per heavy atom. The summed E-state index contributed by atoms with van der Waals surface area (Å²) in [5.74, 6) is 0.779. The van der Waals surface area contributed by atoms with Crippen LogP contribution in [0.3, 0.4) is 0 Å². The number of hydrogen-bond acceptors (Lipinski definition) is 3. The molecule has 4 heteroatoms. The minimum atomic E-state index is 0.498. The summed E-state index contributed by atoms with van der Waals surface area (Å²) in [6, 6.07) is 4.34. The van der Waals surface area contributed by atoms with Crippen molar-refractivity contribution in [2.75, 3.05) is 11.4 Å². The Morgan fingerprint density at radius 2 is 2.35 bits per heavy atom. The van der Waals surface area contributed by atoms with Gasteiger partial charge in [0, 0.05) is 18.8 Å². The van der Waals surface area contributed by atoms with Gasteiger partial charge in [-0.2, -0.15) is 5.26 Å². The fraction of sp³-hybridized carbons (Fsp3) is 0.538. The molecule has 0 aromatic carbocycles. The van der Waals surface area contributed by atoms with E-state index in [1.807, 2.05) is 0 Å². The minimum absolute atomic E-state index is 0.498. The summed E-state index contributed by atoms with van der Waals surface area (Å²) in [6.07, 6.45) is 6.36. The van der Waals surface area contributed by atoms with Crippen LogP contribution < -0.4 is 4.90 Å². The first-order valence-electron chi connectivity index (χ1n) is 6.09. The van der Waals surface area contributed by atoms with Gasteiger partial charge in [-0.3, -0.25) is 0 Å². The smallest absolute Gasteiger partial charge is 0.148 e. The van der Waals surface area contributed by atoms with E-state index < -0.39 is 0 Å². The van der Waals surface area contributed by atoms with Crippen LogP contribution in [0.2, 0.25) is 5.02 Å². The molecule has 17 heavy (non-hydrogen) atoms. The van der Waals surface area contributed by atoms with Crippen molar-refractivity contribution in [3.05, 3.63) is 22.8 Å². The van der Waals surface area contributed by atoms with E-state index >= 15 is 0 Å². The molecule has 1 aromatic rings. The lowest BCUT2D eigenvalue weighted by atomic mass is 10.2. The predicted octanol–water partition coefficient (Wildman–Crippen LogP) is 3.38. The highest BCUT2D eigenvalue weighted by Gasteiger charge is 2.31. The van der Waals surface area contributed by atoms with Gasteiger partial charge in [0.05, 0.1) is 5.56 Å². The average molecular weight is 250 g/mol. The van der Waals surface area contributed by atoms with Crippen molar-refractivity contribution in [2.45, 2.75) is 38.6 Å². The Balaban J connectivity index is 2.26. The fourth-order valence-corrected chi connectivity index (χ4v) is 2.16. The monoisotopic (exact) mass is 249 g/mol. The first kappa shape index (κ1) is 12.2. The second kappa shape index (κ2) is 5.37. The van der Waals surface area contributed by atoms with Crippen molar-refractivity contribution in [1.82, 2.24) is 4.98 Å². The summed E-state index contributed by atoms with van der Waals surface area (Å²) in [5.41, 5.74) is 0.513. The molecule has 1 heterocycles. The molecule has 1 fully saturated rings. The SMILES string of the molecule is CCCCN(c1nccc(C#N)c1Cl)C1CC1. The van der Waals surface area contributed by atoms with E-state index in [9.17, 15) is 0 Å². The molecule has 0 radical (unpaired) electrons. The van der Waals surface area contributed by atoms with Crippen LogP contribution in [-0.4, -0.2) is 17.6 Å². The fourth-order valence-electron chi connectivity index (χ4n) is 1.90. The van der Waals surface area contributed by atoms with Crippen LogP contribution in [0.15, 0.2) is 12.3 Å². The van der Waals surface area contributed by atoms with Crippen molar-refractivity contribution in [3.8, 4) is 6.07 Å². The van der Waals surface area contributed by atoms with Gasteiger partial charge in [-0.25, -0.2) is 4.98 Å². The number of unbranched alkanes of at least 4 members (excludes halogenated alkanes) is 1. The molecule has 0 aliphatic heterocycles. The zero-order valence-corrected chi connectivity index (χ0v) is 10.7. The molecular formula is C13H16ClN3. The molecule has 0 spiro atoms. The minimum Gasteiger partial charge on any atom is -0.352 e. The topological polar surface area (TPSA) is 39.9 Å². The summed E-state index contributed by atoms with van der Waals surface area (Å²) in [6.45, 7) is 3.15. The number of hydrogen-bond donors (Lipinski definition) is 0. The largest absolute Gasteiger partial charge is 0.352 e. The number of halogens is 1. The molecule has 0 N–H and O–H groups in total. The first-order chi connectivity index (χ1) is 8.27. The third-order valence-electron chi connectivity index (χ3n) is 3.00. The van der Waals surface area contributed by atoms with Crippen molar-refractivity contribution in [3.63, 3.8) is 0 Å². The maximum absolute atomic E-state index is 8.97. The van der Waals surface area contributed by atoms with Crippen LogP contribution in [-0.2, 0) is 0 Å². The van der Waals surface area contributed by atoms with Gasteiger partial charge in [0.1, 0.15) is 16.9 Å². The number of nitrogens with zero attached hydrogens (tertiary/aromatic N) is 3. The van der Waals surface area contributed by atoms with Crippen LogP contribution >= 0.6 is 11.6 Å². The zero-order chi connectivity index (χ0) is 12.3. The van der Waals surface area contributed by atoms with Gasteiger partial charge in [-0.1, -0.05) is 24.9 Å². The highest BCUT2D eigenvalue weighted by molar-refractivity contribution is 6.34. The van der Waals surface area contributed by atoms with Crippen LogP contribution in [0, 0.1) is 11.3 Å². The number of pyridine rings is 1. The van der Waals surface area contributed by atoms with Crippen molar-refractivity contribution in [2.24, 2.45) is 0 Å². The molecule has 2 rings (SSSR count). The van der Waals surface area contributed by atoms with Crippen LogP contribution in [0.5, 0.6) is 0 Å². The summed E-state index contributed by atoms with van der Waals surface area (Å²) in [7, 11) is 0. The number of aromatic nitrogens is 1. The lowest BCUT2D eigenvalue weighted by Gasteiger charge is -2.24. The molecule has 90 valence electrons. The molecule has 0 bridgehead atoms. The van der Waals surface area contributed by atoms with Crippen LogP contribution in [0.4, 0.5) is 5.82 Å². The van der Waals surface area contributed by atoms with E-state index in [1.165, 1.54) is 12.8 Å². The van der Waals surface area contributed by atoms with E-state index in [2.05, 4.69) is 22.9 Å². The van der Waals surface area contributed by atoms with E-state index in [0.717, 1.165) is 25.2 Å². The molecule has 0 amide bonds. The zero-order valence-electron chi connectivity index (χ0n) is 9.99. The molecule has 1 saturated carbocycles. The summed E-state index contributed by atoms with van der Waals surface area (Å²) < 4.78 is 0. The average Bonchev–Trinajstić information content (AvgIpc) is 3.16. The van der Waals surface area contributed by atoms with E-state index in [1.54, 1.807) is 12.3 Å². The Morgan fingerprint density at radius 1 is 1.59 bits per heavy atom. The van der Waals surface area contributed by atoms with E-state index in [0.29, 0.717) is 16.6 Å². The summed E-state index contributed by atoms with van der Waals surface area (Å²) >= 11 is 6.23. The van der Waals surface area contributed by atoms with Gasteiger partial charge in [0.15, 0.2) is 0 Å². The highest BCUT2D eigenvalue weighted by Crippen LogP contribution is 2.35. The lowest BCUT2D eigenvalue weighted by molar-refractivity contribution is 0.705. The van der Waals surface area contributed by atoms with Gasteiger partial charge in [0.25, 0.3) is 0 Å². The van der Waals surface area contributed by atoms with Crippen molar-refractivity contribution in [1.29, 1.82) is 5.26 Å². The molecule has 0 unspecified atom stereocenters. The van der Waals surface area contributed by atoms with Crippen LogP contribution in [0.1, 0.15) is 38.2 Å². The number of rotatable bonds is 5. The second-order valence-electron chi connectivity index (χ2n) is 4.39. The Labute approximate surface area is 107 Å². The summed E-state index contributed by atoms with van der Waals surface area (Å²) in [4.78, 5) is 6.60. The van der Waals surface area contributed by atoms with Gasteiger partial charge in [-0.05, 0) is 25.3 Å². The maximum atomic E-state index is 8.97. The molecule has 0 saturated heterocycles. The van der Waals surface area contributed by atoms with Gasteiger partial charge in [0.2, 0.25) is 0 Å². The van der Waals surface area contributed by atoms with Crippen LogP contribution in [0.25, 0.3) is 0 Å². The number of anilines is 1. The molecule has 1 aliphatic rings. The second-order valence-corrected chi connectivity index (χ2v) is 4.76. The molecular weight excluding hydrogens is 234 g/mol. The van der Waals surface area contributed by atoms with E-state index in [-0.39, 0.29) is 0 Å². The van der Waals surface area contributed by atoms with Crippen molar-refractivity contribution < 1.29 is 0 Å². The third kappa shape index (κ3) is 2.70. The normalized spacial score (nSPS) is 14.4. The van der Waals surface area contributed by atoms with Gasteiger partial charge in [-0.15, -0.1) is 0 Å². The number of nitriles is 1. The summed E-state index contributed by atoms with van der Waals surface area (Å²) in [5, 5.41) is 9.47. The van der Waals surface area contributed by atoms with Gasteiger partial charge < -0.3 is 4.90 Å². The molecule has 3 nitrogen and oxygen atoms in total. The highest BCUT2D eigenvalue weighted by atomic mass is 35.5. The van der Waals surface area contributed by atoms with E-state index in [4.69, 9.17) is 16.9 Å². The quantitative estimate of drug-likeness (QED) is 0.803. The Hall–Kier alpha value is -1.27. The van der Waals surface area contributed by atoms with Gasteiger partial charge >= 0.3 is 0 Å². The maximum Gasteiger partial charge on any atom is 0.148 e.